The van der Waals surface area contributed by atoms with Crippen LogP contribution in [0.1, 0.15) is 0 Å². The van der Waals surface area contributed by atoms with Crippen LogP contribution in [-0.2, 0) is 4.74 Å². The second-order valence-corrected chi connectivity index (χ2v) is 1.05. The molecule has 3 heteroatoms. The molecular weight excluding hydrogens is 92.1 g/mol. The number of hydrogen-bond donors (Lipinski definition) is 0. The van der Waals surface area contributed by atoms with Gasteiger partial charge in [0, 0.05) is 6.21 Å². The molecule has 0 bridgehead atoms. The maximum absolute atomic E-state index is 8.06. The van der Waals surface area contributed by atoms with Gasteiger partial charge in [-0.1, -0.05) is 0 Å². The second kappa shape index (κ2) is 1.71. The van der Waals surface area contributed by atoms with Crippen LogP contribution in [-0.4, -0.2) is 12.4 Å². The Morgan fingerprint density at radius 2 is 2.71 bits per heavy atom. The van der Waals surface area contributed by atoms with Crippen molar-refractivity contribution >= 4 is 6.21 Å². The molecule has 0 N–H and O–H groups in total. The van der Waals surface area contributed by atoms with Gasteiger partial charge in [-0.15, -0.1) is 0 Å². The zero-order chi connectivity index (χ0) is 5.11. The van der Waals surface area contributed by atoms with Crippen LogP contribution in [0.3, 0.4) is 0 Å². The second-order valence-electron chi connectivity index (χ2n) is 1.05. The average molecular weight is 95.1 g/mol. The summed E-state index contributed by atoms with van der Waals surface area (Å²) >= 11 is 0. The lowest BCUT2D eigenvalue weighted by Gasteiger charge is -1.88. The van der Waals surface area contributed by atoms with Crippen molar-refractivity contribution < 1.29 is 4.74 Å². The first-order valence-corrected chi connectivity index (χ1v) is 1.83. The Morgan fingerprint density at radius 3 is 3.00 bits per heavy atom. The maximum atomic E-state index is 8.06. The number of nitriles is 1. The molecule has 0 fully saturated rings. The van der Waals surface area contributed by atoms with Gasteiger partial charge in [0.05, 0.1) is 0 Å². The van der Waals surface area contributed by atoms with E-state index in [0.717, 1.165) is 0 Å². The molecule has 3 nitrogen and oxygen atoms in total. The van der Waals surface area contributed by atoms with Crippen molar-refractivity contribution in [2.24, 2.45) is 4.99 Å². The first-order chi connectivity index (χ1) is 3.43. The fourth-order valence-corrected chi connectivity index (χ4v) is 0.322. The summed E-state index contributed by atoms with van der Waals surface area (Å²) in [6, 6.07) is 1.81. The van der Waals surface area contributed by atoms with Crippen LogP contribution in [0.25, 0.3) is 0 Å². The summed E-state index contributed by atoms with van der Waals surface area (Å²) in [5.41, 5.74) is 0. The van der Waals surface area contributed by atoms with Gasteiger partial charge in [-0.05, 0) is 0 Å². The third kappa shape index (κ3) is 0.756. The highest BCUT2D eigenvalue weighted by molar-refractivity contribution is 5.67. The number of nitrogens with zero attached hydrogens (tertiary/aromatic N) is 2. The molecule has 1 heterocycles. The fourth-order valence-electron chi connectivity index (χ4n) is 0.322. The molecule has 0 aliphatic carbocycles. The molecule has 1 atom stereocenters. The van der Waals surface area contributed by atoms with Crippen molar-refractivity contribution in [2.45, 2.75) is 6.23 Å². The van der Waals surface area contributed by atoms with Gasteiger partial charge in [0.25, 0.3) is 0 Å². The maximum Gasteiger partial charge on any atom is 0.237 e. The van der Waals surface area contributed by atoms with Crippen molar-refractivity contribution in [3.05, 3.63) is 6.61 Å². The summed E-state index contributed by atoms with van der Waals surface area (Å²) in [4.78, 5) is 3.59. The lowest BCUT2D eigenvalue weighted by atomic mass is 10.7. The Balaban J connectivity index is 2.47. The molecule has 1 radical (unpaired) electrons. The molecule has 0 saturated carbocycles. The number of hydrogen-bond acceptors (Lipinski definition) is 3. The smallest absolute Gasteiger partial charge is 0.237 e. The molecule has 35 valence electrons. The summed E-state index contributed by atoms with van der Waals surface area (Å²) in [7, 11) is 0. The minimum absolute atomic E-state index is 0.583. The van der Waals surface area contributed by atoms with E-state index in [4.69, 9.17) is 5.26 Å². The van der Waals surface area contributed by atoms with E-state index in [1.165, 1.54) is 12.8 Å². The first-order valence-electron chi connectivity index (χ1n) is 1.83. The van der Waals surface area contributed by atoms with Crippen LogP contribution in [0.5, 0.6) is 0 Å². The minimum Gasteiger partial charge on any atom is -0.332 e. The molecule has 0 aromatic rings. The van der Waals surface area contributed by atoms with E-state index in [1.807, 2.05) is 6.07 Å². The number of aliphatic imine (C=N–C) groups is 1. The lowest BCUT2D eigenvalue weighted by Crippen LogP contribution is -1.95. The van der Waals surface area contributed by atoms with Gasteiger partial charge in [-0.3, -0.25) is 0 Å². The van der Waals surface area contributed by atoms with E-state index in [2.05, 4.69) is 9.73 Å². The Bertz CT molecular complexity index is 124. The summed E-state index contributed by atoms with van der Waals surface area (Å²) in [5, 5.41) is 8.06. The van der Waals surface area contributed by atoms with Crippen LogP contribution >= 0.6 is 0 Å². The van der Waals surface area contributed by atoms with E-state index in [0.29, 0.717) is 0 Å². The number of ether oxygens (including phenoxy) is 1. The van der Waals surface area contributed by atoms with Gasteiger partial charge >= 0.3 is 0 Å². The van der Waals surface area contributed by atoms with E-state index >= 15 is 0 Å². The topological polar surface area (TPSA) is 45.4 Å². The zero-order valence-corrected chi connectivity index (χ0v) is 3.53. The third-order valence-electron chi connectivity index (χ3n) is 0.600. The quantitative estimate of drug-likeness (QED) is 0.428. The molecule has 0 aromatic heterocycles. The molecule has 1 rings (SSSR count). The van der Waals surface area contributed by atoms with Crippen molar-refractivity contribution in [2.75, 3.05) is 0 Å². The molecule has 0 spiro atoms. The number of rotatable bonds is 0. The highest BCUT2D eigenvalue weighted by atomic mass is 16.5. The normalized spacial score (nSPS) is 27.6. The van der Waals surface area contributed by atoms with Crippen LogP contribution in [0.4, 0.5) is 0 Å². The summed E-state index contributed by atoms with van der Waals surface area (Å²) in [6.45, 7) is 1.40. The van der Waals surface area contributed by atoms with Crippen LogP contribution in [0.15, 0.2) is 4.99 Å². The molecule has 1 aliphatic rings. The Hall–Kier alpha value is -0.880. The van der Waals surface area contributed by atoms with Gasteiger partial charge in [0.15, 0.2) is 0 Å². The van der Waals surface area contributed by atoms with Crippen molar-refractivity contribution in [1.29, 1.82) is 5.26 Å². The molecule has 0 saturated heterocycles. The molecule has 1 unspecified atom stereocenters. The Kier molecular flexibility index (Phi) is 1.05. The van der Waals surface area contributed by atoms with Gasteiger partial charge in [-0.2, -0.15) is 5.26 Å². The minimum atomic E-state index is -0.583. The van der Waals surface area contributed by atoms with Crippen molar-refractivity contribution in [3.63, 3.8) is 0 Å². The van der Waals surface area contributed by atoms with Crippen molar-refractivity contribution in [1.82, 2.24) is 0 Å². The van der Waals surface area contributed by atoms with Crippen LogP contribution < -0.4 is 0 Å². The molecule has 0 aromatic carbocycles. The third-order valence-corrected chi connectivity index (χ3v) is 0.600. The highest BCUT2D eigenvalue weighted by Crippen LogP contribution is 1.99. The molecule has 7 heavy (non-hydrogen) atoms. The monoisotopic (exact) mass is 95.0 g/mol. The summed E-state index contributed by atoms with van der Waals surface area (Å²) in [5.74, 6) is 0. The van der Waals surface area contributed by atoms with Gasteiger partial charge in [-0.25, -0.2) is 4.99 Å². The molecule has 0 amide bonds. The fraction of sp³-hybridized carbons (Fsp3) is 0.250. The average Bonchev–Trinajstić information content (AvgIpc) is 2.14. The van der Waals surface area contributed by atoms with Gasteiger partial charge in [0.1, 0.15) is 12.7 Å². The van der Waals surface area contributed by atoms with Gasteiger partial charge in [0.2, 0.25) is 6.23 Å². The predicted molar refractivity (Wildman–Crippen MR) is 23.3 cm³/mol. The highest BCUT2D eigenvalue weighted by Gasteiger charge is 2.06. The van der Waals surface area contributed by atoms with E-state index < -0.39 is 6.23 Å². The van der Waals surface area contributed by atoms with E-state index in [-0.39, 0.29) is 0 Å². The zero-order valence-electron chi connectivity index (χ0n) is 3.53. The van der Waals surface area contributed by atoms with Crippen LogP contribution in [0, 0.1) is 17.9 Å². The molecular formula is C4H3N2O. The predicted octanol–water partition coefficient (Wildman–Crippen LogP) is 0.0989. The molecule has 1 aliphatic heterocycles. The van der Waals surface area contributed by atoms with Crippen LogP contribution in [0.2, 0.25) is 0 Å². The summed E-state index contributed by atoms with van der Waals surface area (Å²) in [6.07, 6.45) is 0.883. The van der Waals surface area contributed by atoms with Gasteiger partial charge < -0.3 is 4.74 Å². The SMILES string of the molecule is N#CC1N=C[CH]O1. The van der Waals surface area contributed by atoms with E-state index in [1.54, 1.807) is 0 Å². The summed E-state index contributed by atoms with van der Waals surface area (Å²) < 4.78 is 4.59. The lowest BCUT2D eigenvalue weighted by molar-refractivity contribution is 0.196. The Morgan fingerprint density at radius 1 is 1.86 bits per heavy atom. The van der Waals surface area contributed by atoms with E-state index in [9.17, 15) is 0 Å². The first kappa shape index (κ1) is 4.28. The largest absolute Gasteiger partial charge is 0.332 e. The standard InChI is InChI=1S/C4H3N2O/c5-3-4-6-1-2-7-4/h1-2,4H. The Labute approximate surface area is 41.2 Å². The van der Waals surface area contributed by atoms with Crippen molar-refractivity contribution in [3.8, 4) is 6.07 Å².